The second-order valence-electron chi connectivity index (χ2n) is 7.14. The van der Waals surface area contributed by atoms with Gasteiger partial charge in [0.2, 0.25) is 11.8 Å². The lowest BCUT2D eigenvalue weighted by molar-refractivity contribution is -0.125. The summed E-state index contributed by atoms with van der Waals surface area (Å²) in [6.45, 7) is 2.42. The largest absolute Gasteiger partial charge is 0.337 e. The molecule has 0 saturated heterocycles. The molecule has 0 bridgehead atoms. The highest BCUT2D eigenvalue weighted by Gasteiger charge is 2.16. The zero-order valence-electron chi connectivity index (χ0n) is 16.2. The second-order valence-corrected chi connectivity index (χ2v) is 8.28. The number of amides is 2. The maximum Gasteiger partial charge on any atom is 0.246 e. The molecule has 1 aliphatic rings. The molecule has 5 nitrogen and oxygen atoms in total. The standard InChI is InChI=1S/C22H20FN3O2S/c1-13-17-10-16(23)5-6-18(17)29-19(13)12-26(2)21(28)8-3-14-9-15-4-7-20(27)25-22(15)24-11-14/h3,5-6,8-11H,4,7,12H2,1-2H3,(H,24,25,27). The number of nitrogens with zero attached hydrogens (tertiary/aromatic N) is 2. The van der Waals surface area contributed by atoms with Gasteiger partial charge in [0.05, 0.1) is 6.54 Å². The molecule has 0 saturated carbocycles. The van der Waals surface area contributed by atoms with Gasteiger partial charge >= 0.3 is 0 Å². The zero-order valence-corrected chi connectivity index (χ0v) is 17.0. The second kappa shape index (κ2) is 7.75. The number of benzene rings is 1. The van der Waals surface area contributed by atoms with Crippen molar-refractivity contribution in [3.63, 3.8) is 0 Å². The van der Waals surface area contributed by atoms with Crippen LogP contribution in [0.15, 0.2) is 36.5 Å². The lowest BCUT2D eigenvalue weighted by atomic mass is 10.0. The number of thiophene rings is 1. The highest BCUT2D eigenvalue weighted by Crippen LogP contribution is 2.32. The maximum absolute atomic E-state index is 13.5. The summed E-state index contributed by atoms with van der Waals surface area (Å²) in [6.07, 6.45) is 5.99. The van der Waals surface area contributed by atoms with E-state index in [1.807, 2.05) is 13.0 Å². The molecule has 3 heterocycles. The number of carbonyl (C=O) groups excluding carboxylic acids is 2. The summed E-state index contributed by atoms with van der Waals surface area (Å²) in [6, 6.07) is 6.71. The Balaban J connectivity index is 1.46. The Morgan fingerprint density at radius 1 is 1.34 bits per heavy atom. The topological polar surface area (TPSA) is 62.3 Å². The average molecular weight is 409 g/mol. The van der Waals surface area contributed by atoms with Crippen LogP contribution in [0.2, 0.25) is 0 Å². The Labute approximate surface area is 171 Å². The highest BCUT2D eigenvalue weighted by atomic mass is 32.1. The molecular weight excluding hydrogens is 389 g/mol. The van der Waals surface area contributed by atoms with Crippen LogP contribution in [0, 0.1) is 12.7 Å². The van der Waals surface area contributed by atoms with Crippen molar-refractivity contribution in [2.45, 2.75) is 26.3 Å². The summed E-state index contributed by atoms with van der Waals surface area (Å²) < 4.78 is 14.5. The van der Waals surface area contributed by atoms with Crippen molar-refractivity contribution in [3.05, 3.63) is 63.9 Å². The SMILES string of the molecule is Cc1c(CN(C)C(=O)C=Cc2cnc3c(c2)CCC(=O)N3)sc2ccc(F)cc12. The van der Waals surface area contributed by atoms with E-state index in [1.54, 1.807) is 41.6 Å². The molecule has 3 aromatic rings. The average Bonchev–Trinajstić information content (AvgIpc) is 3.01. The quantitative estimate of drug-likeness (QED) is 0.654. The Morgan fingerprint density at radius 3 is 3.00 bits per heavy atom. The molecule has 1 aromatic carbocycles. The van der Waals surface area contributed by atoms with Gasteiger partial charge in [-0.25, -0.2) is 9.37 Å². The van der Waals surface area contributed by atoms with Crippen LogP contribution >= 0.6 is 11.3 Å². The molecule has 1 aliphatic heterocycles. The van der Waals surface area contributed by atoms with E-state index < -0.39 is 0 Å². The van der Waals surface area contributed by atoms with Crippen molar-refractivity contribution in [1.82, 2.24) is 9.88 Å². The van der Waals surface area contributed by atoms with Crippen molar-refractivity contribution in [1.29, 1.82) is 0 Å². The first-order valence-electron chi connectivity index (χ1n) is 9.30. The molecule has 0 atom stereocenters. The lowest BCUT2D eigenvalue weighted by Crippen LogP contribution is -2.24. The van der Waals surface area contributed by atoms with Crippen molar-refractivity contribution in [3.8, 4) is 0 Å². The van der Waals surface area contributed by atoms with Crippen LogP contribution in [-0.2, 0) is 22.6 Å². The summed E-state index contributed by atoms with van der Waals surface area (Å²) >= 11 is 1.58. The third-order valence-corrected chi connectivity index (χ3v) is 6.30. The molecule has 0 unspecified atom stereocenters. The van der Waals surface area contributed by atoms with E-state index in [9.17, 15) is 14.0 Å². The van der Waals surface area contributed by atoms with Crippen LogP contribution in [0.5, 0.6) is 0 Å². The highest BCUT2D eigenvalue weighted by molar-refractivity contribution is 7.19. The number of pyridine rings is 1. The number of fused-ring (bicyclic) bond motifs is 2. The molecule has 7 heteroatoms. The van der Waals surface area contributed by atoms with Crippen LogP contribution in [0.1, 0.15) is 28.0 Å². The van der Waals surface area contributed by atoms with E-state index >= 15 is 0 Å². The van der Waals surface area contributed by atoms with Gasteiger partial charge in [-0.3, -0.25) is 9.59 Å². The summed E-state index contributed by atoms with van der Waals surface area (Å²) in [5.74, 6) is 0.192. The van der Waals surface area contributed by atoms with Gasteiger partial charge < -0.3 is 10.2 Å². The minimum Gasteiger partial charge on any atom is -0.337 e. The van der Waals surface area contributed by atoms with Gasteiger partial charge in [-0.15, -0.1) is 11.3 Å². The monoisotopic (exact) mass is 409 g/mol. The number of aromatic nitrogens is 1. The maximum atomic E-state index is 13.5. The molecule has 0 radical (unpaired) electrons. The normalized spacial score (nSPS) is 13.6. The van der Waals surface area contributed by atoms with Gasteiger partial charge in [-0.2, -0.15) is 0 Å². The number of hydrogen-bond acceptors (Lipinski definition) is 4. The molecule has 1 N–H and O–H groups in total. The summed E-state index contributed by atoms with van der Waals surface area (Å²) in [7, 11) is 1.75. The first-order valence-corrected chi connectivity index (χ1v) is 10.1. The Bertz CT molecular complexity index is 1150. The third-order valence-electron chi connectivity index (χ3n) is 5.04. The van der Waals surface area contributed by atoms with Crippen LogP contribution in [0.25, 0.3) is 16.2 Å². The van der Waals surface area contributed by atoms with Crippen molar-refractivity contribution in [2.24, 2.45) is 0 Å². The molecule has 2 aromatic heterocycles. The molecule has 0 fully saturated rings. The number of aryl methyl sites for hydroxylation is 2. The summed E-state index contributed by atoms with van der Waals surface area (Å²) in [5, 5.41) is 3.64. The van der Waals surface area contributed by atoms with Crippen LogP contribution in [0.3, 0.4) is 0 Å². The predicted molar refractivity (Wildman–Crippen MR) is 113 cm³/mol. The van der Waals surface area contributed by atoms with Crippen LogP contribution < -0.4 is 5.32 Å². The first kappa shape index (κ1) is 19.3. The van der Waals surface area contributed by atoms with E-state index in [2.05, 4.69) is 10.3 Å². The third kappa shape index (κ3) is 4.05. The summed E-state index contributed by atoms with van der Waals surface area (Å²) in [5.41, 5.74) is 2.80. The van der Waals surface area contributed by atoms with E-state index in [0.717, 1.165) is 31.7 Å². The Kier molecular flexibility index (Phi) is 5.15. The fourth-order valence-corrected chi connectivity index (χ4v) is 4.59. The number of anilines is 1. The van der Waals surface area contributed by atoms with Gasteiger partial charge in [0.15, 0.2) is 0 Å². The van der Waals surface area contributed by atoms with E-state index in [-0.39, 0.29) is 17.6 Å². The van der Waals surface area contributed by atoms with Gasteiger partial charge in [0.1, 0.15) is 11.6 Å². The Morgan fingerprint density at radius 2 is 2.17 bits per heavy atom. The minimum absolute atomic E-state index is 0.0237. The molecule has 4 rings (SSSR count). The van der Waals surface area contributed by atoms with Crippen LogP contribution in [-0.4, -0.2) is 28.7 Å². The Hall–Kier alpha value is -3.06. The molecule has 2 amide bonds. The number of rotatable bonds is 4. The fourth-order valence-electron chi connectivity index (χ4n) is 3.35. The predicted octanol–water partition coefficient (Wildman–Crippen LogP) is 4.30. The molecule has 0 aliphatic carbocycles. The molecule has 148 valence electrons. The van der Waals surface area contributed by atoms with Crippen LogP contribution in [0.4, 0.5) is 10.2 Å². The number of likely N-dealkylation sites (N-methyl/N-ethyl adjacent to an activating group) is 1. The smallest absolute Gasteiger partial charge is 0.246 e. The number of carbonyl (C=O) groups is 2. The molecule has 0 spiro atoms. The van der Waals surface area contributed by atoms with E-state index in [4.69, 9.17) is 0 Å². The lowest BCUT2D eigenvalue weighted by Gasteiger charge is -2.16. The van der Waals surface area contributed by atoms with E-state index in [0.29, 0.717) is 25.2 Å². The summed E-state index contributed by atoms with van der Waals surface area (Å²) in [4.78, 5) is 30.9. The zero-order chi connectivity index (χ0) is 20.5. The van der Waals surface area contributed by atoms with Gasteiger partial charge in [0.25, 0.3) is 0 Å². The van der Waals surface area contributed by atoms with Gasteiger partial charge in [-0.05, 0) is 65.8 Å². The minimum atomic E-state index is -0.254. The van der Waals surface area contributed by atoms with Crippen molar-refractivity contribution in [2.75, 3.05) is 12.4 Å². The fraction of sp³-hybridized carbons (Fsp3) is 0.227. The number of nitrogens with one attached hydrogen (secondary N) is 1. The number of hydrogen-bond donors (Lipinski definition) is 1. The number of halogens is 1. The van der Waals surface area contributed by atoms with E-state index in [1.165, 1.54) is 18.2 Å². The van der Waals surface area contributed by atoms with Gasteiger partial charge in [0, 0.05) is 35.3 Å². The molecule has 29 heavy (non-hydrogen) atoms. The first-order chi connectivity index (χ1) is 13.9. The van der Waals surface area contributed by atoms with Crippen molar-refractivity contribution >= 4 is 45.1 Å². The van der Waals surface area contributed by atoms with Gasteiger partial charge in [-0.1, -0.05) is 0 Å². The van der Waals surface area contributed by atoms with Crippen molar-refractivity contribution < 1.29 is 14.0 Å². The molecular formula is C22H20FN3O2S.